The van der Waals surface area contributed by atoms with Crippen LogP contribution < -0.4 is 10.2 Å². The zero-order chi connectivity index (χ0) is 13.5. The summed E-state index contributed by atoms with van der Waals surface area (Å²) in [7, 11) is 1.50. The Bertz CT molecular complexity index is 482. The molecule has 0 aliphatic heterocycles. The second-order valence-corrected chi connectivity index (χ2v) is 3.36. The highest BCUT2D eigenvalue weighted by molar-refractivity contribution is 6.07. The summed E-state index contributed by atoms with van der Waals surface area (Å²) in [4.78, 5) is 34.2. The predicted octanol–water partition coefficient (Wildman–Crippen LogP) is 1.000. The lowest BCUT2D eigenvalue weighted by Gasteiger charge is -2.16. The fourth-order valence-electron chi connectivity index (χ4n) is 1.15. The maximum Gasteiger partial charge on any atom is 0.328 e. The van der Waals surface area contributed by atoms with Crippen molar-refractivity contribution in [2.24, 2.45) is 0 Å². The maximum absolute atomic E-state index is 11.6. The van der Waals surface area contributed by atoms with Gasteiger partial charge in [-0.3, -0.25) is 15.0 Å². The summed E-state index contributed by atoms with van der Waals surface area (Å²) in [6, 6.07) is 8.09. The summed E-state index contributed by atoms with van der Waals surface area (Å²) in [6.45, 7) is 0. The number of anilines is 1. The van der Waals surface area contributed by atoms with Crippen molar-refractivity contribution >= 4 is 23.6 Å². The van der Waals surface area contributed by atoms with Gasteiger partial charge >= 0.3 is 12.0 Å². The number of aliphatic carboxylic acids is 1. The number of rotatable bonds is 3. The van der Waals surface area contributed by atoms with E-state index in [1.54, 1.807) is 30.3 Å². The number of amides is 3. The van der Waals surface area contributed by atoms with Crippen LogP contribution in [0.4, 0.5) is 10.5 Å². The predicted molar refractivity (Wildman–Crippen MR) is 65.2 cm³/mol. The first-order valence-corrected chi connectivity index (χ1v) is 5.05. The molecule has 18 heavy (non-hydrogen) atoms. The number of carboxylic acids is 1. The molecule has 94 valence electrons. The van der Waals surface area contributed by atoms with Crippen LogP contribution in [0.5, 0.6) is 0 Å². The van der Waals surface area contributed by atoms with Crippen molar-refractivity contribution in [3.63, 3.8) is 0 Å². The molecular weight excluding hydrogens is 236 g/mol. The number of benzene rings is 1. The van der Waals surface area contributed by atoms with Gasteiger partial charge in [0.15, 0.2) is 0 Å². The molecule has 0 spiro atoms. The number of carbonyl (C=O) groups is 3. The third-order valence-corrected chi connectivity index (χ3v) is 2.06. The van der Waals surface area contributed by atoms with E-state index in [9.17, 15) is 14.4 Å². The Morgan fingerprint density at radius 2 is 1.78 bits per heavy atom. The Morgan fingerprint density at radius 1 is 1.17 bits per heavy atom. The van der Waals surface area contributed by atoms with Crippen LogP contribution in [-0.4, -0.2) is 30.1 Å². The van der Waals surface area contributed by atoms with Crippen molar-refractivity contribution in [3.05, 3.63) is 42.5 Å². The zero-order valence-electron chi connectivity index (χ0n) is 9.66. The first-order valence-electron chi connectivity index (χ1n) is 5.05. The molecule has 1 rings (SSSR count). The highest BCUT2D eigenvalue weighted by Gasteiger charge is 2.12. The van der Waals surface area contributed by atoms with Crippen molar-refractivity contribution in [2.75, 3.05) is 11.9 Å². The van der Waals surface area contributed by atoms with E-state index in [0.29, 0.717) is 11.8 Å². The maximum atomic E-state index is 11.6. The molecule has 0 fully saturated rings. The number of carbonyl (C=O) groups excluding carboxylic acids is 2. The van der Waals surface area contributed by atoms with E-state index in [4.69, 9.17) is 5.11 Å². The van der Waals surface area contributed by atoms with Crippen LogP contribution in [0, 0.1) is 0 Å². The van der Waals surface area contributed by atoms with Gasteiger partial charge in [0.25, 0.3) is 5.91 Å². The summed E-state index contributed by atoms with van der Waals surface area (Å²) >= 11 is 0. The number of hydrogen-bond acceptors (Lipinski definition) is 3. The van der Waals surface area contributed by atoms with E-state index in [-0.39, 0.29) is 0 Å². The van der Waals surface area contributed by atoms with Gasteiger partial charge in [0, 0.05) is 24.9 Å². The largest absolute Gasteiger partial charge is 0.478 e. The second kappa shape index (κ2) is 6.19. The SMILES string of the molecule is CN(C(=O)NC(=O)/C=C/C(=O)O)c1ccccc1. The van der Waals surface area contributed by atoms with Crippen LogP contribution in [0.3, 0.4) is 0 Å². The lowest BCUT2D eigenvalue weighted by Crippen LogP contribution is -2.40. The molecule has 3 amide bonds. The minimum Gasteiger partial charge on any atom is -0.478 e. The molecule has 1 aromatic carbocycles. The number of urea groups is 1. The van der Waals surface area contributed by atoms with Crippen LogP contribution in [-0.2, 0) is 9.59 Å². The lowest BCUT2D eigenvalue weighted by atomic mass is 10.3. The molecule has 2 N–H and O–H groups in total. The third-order valence-electron chi connectivity index (χ3n) is 2.06. The average Bonchev–Trinajstić information content (AvgIpc) is 2.36. The van der Waals surface area contributed by atoms with Gasteiger partial charge in [-0.05, 0) is 12.1 Å². The van der Waals surface area contributed by atoms with E-state index in [0.717, 1.165) is 6.08 Å². The van der Waals surface area contributed by atoms with E-state index in [1.807, 2.05) is 5.32 Å². The van der Waals surface area contributed by atoms with Gasteiger partial charge in [0.1, 0.15) is 0 Å². The molecule has 0 saturated heterocycles. The van der Waals surface area contributed by atoms with E-state index in [1.165, 1.54) is 11.9 Å². The topological polar surface area (TPSA) is 86.7 Å². The monoisotopic (exact) mass is 248 g/mol. The number of nitrogens with zero attached hydrogens (tertiary/aromatic N) is 1. The molecule has 0 atom stereocenters. The second-order valence-electron chi connectivity index (χ2n) is 3.36. The van der Waals surface area contributed by atoms with Crippen molar-refractivity contribution in [3.8, 4) is 0 Å². The van der Waals surface area contributed by atoms with Crippen molar-refractivity contribution in [2.45, 2.75) is 0 Å². The normalized spacial score (nSPS) is 10.1. The zero-order valence-corrected chi connectivity index (χ0v) is 9.66. The van der Waals surface area contributed by atoms with Crippen LogP contribution in [0.1, 0.15) is 0 Å². The van der Waals surface area contributed by atoms with Gasteiger partial charge in [0.05, 0.1) is 0 Å². The van der Waals surface area contributed by atoms with E-state index < -0.39 is 17.9 Å². The van der Waals surface area contributed by atoms with Gasteiger partial charge in [0.2, 0.25) is 0 Å². The van der Waals surface area contributed by atoms with E-state index >= 15 is 0 Å². The summed E-state index contributed by atoms with van der Waals surface area (Å²) < 4.78 is 0. The molecule has 0 aromatic heterocycles. The average molecular weight is 248 g/mol. The van der Waals surface area contributed by atoms with Gasteiger partial charge in [-0.25, -0.2) is 9.59 Å². The first-order chi connectivity index (χ1) is 8.50. The molecule has 0 radical (unpaired) electrons. The summed E-state index contributed by atoms with van der Waals surface area (Å²) in [5, 5.41) is 10.4. The van der Waals surface area contributed by atoms with Gasteiger partial charge in [-0.1, -0.05) is 18.2 Å². The lowest BCUT2D eigenvalue weighted by molar-refractivity contribution is -0.131. The summed E-state index contributed by atoms with van der Waals surface area (Å²) in [5.41, 5.74) is 0.616. The van der Waals surface area contributed by atoms with Gasteiger partial charge in [-0.15, -0.1) is 0 Å². The highest BCUT2D eigenvalue weighted by atomic mass is 16.4. The Hall–Kier alpha value is -2.63. The van der Waals surface area contributed by atoms with Crippen molar-refractivity contribution in [1.29, 1.82) is 0 Å². The Labute approximate surface area is 104 Å². The molecule has 0 unspecified atom stereocenters. The molecule has 6 heteroatoms. The number of imide groups is 1. The minimum absolute atomic E-state index is 0.616. The number of para-hydroxylation sites is 1. The standard InChI is InChI=1S/C12H12N2O4/c1-14(9-5-3-2-4-6-9)12(18)13-10(15)7-8-11(16)17/h2-8H,1H3,(H,16,17)(H,13,15,18)/b8-7+. The summed E-state index contributed by atoms with van der Waals surface area (Å²) in [5.74, 6) is -2.04. The molecule has 0 aliphatic rings. The number of hydrogen-bond donors (Lipinski definition) is 2. The van der Waals surface area contributed by atoms with Crippen molar-refractivity contribution in [1.82, 2.24) is 5.32 Å². The van der Waals surface area contributed by atoms with Crippen molar-refractivity contribution < 1.29 is 19.5 Å². The molecule has 6 nitrogen and oxygen atoms in total. The van der Waals surface area contributed by atoms with Crippen LogP contribution in [0.25, 0.3) is 0 Å². The Balaban J connectivity index is 2.61. The van der Waals surface area contributed by atoms with Gasteiger partial charge < -0.3 is 5.11 Å². The fraction of sp³-hybridized carbons (Fsp3) is 0.0833. The highest BCUT2D eigenvalue weighted by Crippen LogP contribution is 2.10. The molecule has 1 aromatic rings. The minimum atomic E-state index is -1.26. The molecule has 0 bridgehead atoms. The molecular formula is C12H12N2O4. The number of carboxylic acid groups (broad SMARTS) is 1. The van der Waals surface area contributed by atoms with Crippen LogP contribution in [0.2, 0.25) is 0 Å². The van der Waals surface area contributed by atoms with E-state index in [2.05, 4.69) is 0 Å². The van der Waals surface area contributed by atoms with Gasteiger partial charge in [-0.2, -0.15) is 0 Å². The quantitative estimate of drug-likeness (QED) is 0.781. The Kier molecular flexibility index (Phi) is 4.62. The van der Waals surface area contributed by atoms with Crippen LogP contribution >= 0.6 is 0 Å². The number of nitrogens with one attached hydrogen (secondary N) is 1. The molecule has 0 heterocycles. The fourth-order valence-corrected chi connectivity index (χ4v) is 1.15. The molecule has 0 aliphatic carbocycles. The Morgan fingerprint density at radius 3 is 2.33 bits per heavy atom. The molecule has 0 saturated carbocycles. The third kappa shape index (κ3) is 4.09. The smallest absolute Gasteiger partial charge is 0.328 e. The summed E-state index contributed by atoms with van der Waals surface area (Å²) in [6.07, 6.45) is 1.43. The van der Waals surface area contributed by atoms with Crippen LogP contribution in [0.15, 0.2) is 42.5 Å². The first kappa shape index (κ1) is 13.4.